The van der Waals surface area contributed by atoms with Crippen molar-refractivity contribution >= 4 is 17.3 Å². The van der Waals surface area contributed by atoms with Gasteiger partial charge in [-0.2, -0.15) is 10.2 Å². The number of ether oxygens (including phenoxy) is 1. The van der Waals surface area contributed by atoms with Crippen molar-refractivity contribution in [3.8, 4) is 5.75 Å². The van der Waals surface area contributed by atoms with Gasteiger partial charge >= 0.3 is 5.97 Å². The van der Waals surface area contributed by atoms with Gasteiger partial charge < -0.3 is 9.84 Å². The van der Waals surface area contributed by atoms with Crippen molar-refractivity contribution in [3.05, 3.63) is 78.4 Å². The molecule has 3 rings (SSSR count). The number of hydrogen-bond donors (Lipinski definition) is 1. The van der Waals surface area contributed by atoms with E-state index in [9.17, 15) is 4.79 Å². The minimum atomic E-state index is -0.953. The lowest BCUT2D eigenvalue weighted by Crippen LogP contribution is -1.96. The van der Waals surface area contributed by atoms with Gasteiger partial charge in [0.2, 0.25) is 0 Å². The van der Waals surface area contributed by atoms with E-state index in [0.29, 0.717) is 11.6 Å². The van der Waals surface area contributed by atoms with Gasteiger partial charge in [0.05, 0.1) is 23.5 Å². The van der Waals surface area contributed by atoms with Crippen LogP contribution >= 0.6 is 0 Å². The second-order valence-electron chi connectivity index (χ2n) is 8.80. The summed E-state index contributed by atoms with van der Waals surface area (Å²) in [7, 11) is 0. The van der Waals surface area contributed by atoms with Crippen molar-refractivity contribution in [2.45, 2.75) is 64.2 Å². The summed E-state index contributed by atoms with van der Waals surface area (Å²) in [5.74, 6) is 0.585. The Morgan fingerprint density at radius 2 is 1.21 bits per heavy atom. The van der Waals surface area contributed by atoms with E-state index in [0.717, 1.165) is 24.5 Å². The van der Waals surface area contributed by atoms with Crippen LogP contribution in [0.25, 0.3) is 0 Å². The molecular weight excluding hydrogens is 424 g/mol. The lowest BCUT2D eigenvalue weighted by molar-refractivity contribution is 0.0697. The summed E-state index contributed by atoms with van der Waals surface area (Å²) < 4.78 is 5.84. The summed E-state index contributed by atoms with van der Waals surface area (Å²) in [4.78, 5) is 10.9. The first kappa shape index (κ1) is 25.4. The lowest BCUT2D eigenvalue weighted by atomic mass is 10.0. The third-order valence-corrected chi connectivity index (χ3v) is 6.01. The predicted octanol–water partition coefficient (Wildman–Crippen LogP) is 8.82. The lowest BCUT2D eigenvalue weighted by Gasteiger charge is -2.07. The largest absolute Gasteiger partial charge is 0.494 e. The minimum Gasteiger partial charge on any atom is -0.494 e. The molecule has 5 nitrogen and oxygen atoms in total. The van der Waals surface area contributed by atoms with Gasteiger partial charge in [0.1, 0.15) is 5.75 Å². The van der Waals surface area contributed by atoms with Gasteiger partial charge in [0.25, 0.3) is 0 Å². The van der Waals surface area contributed by atoms with E-state index in [1.54, 1.807) is 12.1 Å². The molecule has 0 amide bonds. The number of azo groups is 1. The van der Waals surface area contributed by atoms with Crippen molar-refractivity contribution < 1.29 is 14.6 Å². The van der Waals surface area contributed by atoms with Gasteiger partial charge in [-0.1, -0.05) is 75.7 Å². The molecule has 0 aliphatic heterocycles. The molecule has 0 spiro atoms. The van der Waals surface area contributed by atoms with Crippen LogP contribution in [0.3, 0.4) is 0 Å². The van der Waals surface area contributed by atoms with E-state index in [1.807, 2.05) is 24.3 Å². The number of carbonyl (C=O) groups is 1. The van der Waals surface area contributed by atoms with Crippen LogP contribution in [-0.2, 0) is 0 Å². The Labute approximate surface area is 203 Å². The minimum absolute atomic E-state index is 0.233. The number of carboxylic acid groups (broad SMARTS) is 1. The fourth-order valence-electron chi connectivity index (χ4n) is 3.98. The van der Waals surface area contributed by atoms with E-state index < -0.39 is 5.97 Å². The summed E-state index contributed by atoms with van der Waals surface area (Å²) in [6.45, 7) is 0.737. The first-order chi connectivity index (χ1) is 16.7. The second-order valence-corrected chi connectivity index (χ2v) is 8.80. The van der Waals surface area contributed by atoms with Crippen LogP contribution < -0.4 is 4.74 Å². The zero-order valence-electron chi connectivity index (χ0n) is 19.9. The predicted molar refractivity (Wildman–Crippen MR) is 137 cm³/mol. The number of benzene rings is 2. The number of unbranched alkanes of at least 4 members (excludes halogenated alkanes) is 8. The number of carboxylic acids is 1. The normalized spacial score (nSPS) is 13.2. The summed E-state index contributed by atoms with van der Waals surface area (Å²) >= 11 is 0. The van der Waals surface area contributed by atoms with Crippen molar-refractivity contribution in [2.75, 3.05) is 6.61 Å². The third kappa shape index (κ3) is 9.74. The zero-order valence-corrected chi connectivity index (χ0v) is 19.9. The highest BCUT2D eigenvalue weighted by atomic mass is 16.5. The molecule has 2 aromatic rings. The topological polar surface area (TPSA) is 71.2 Å². The van der Waals surface area contributed by atoms with E-state index in [4.69, 9.17) is 9.84 Å². The maximum atomic E-state index is 10.9. The number of nitrogens with zero attached hydrogens (tertiary/aromatic N) is 2. The van der Waals surface area contributed by atoms with Crippen LogP contribution in [0.15, 0.2) is 83.1 Å². The smallest absolute Gasteiger partial charge is 0.335 e. The summed E-state index contributed by atoms with van der Waals surface area (Å²) in [6.07, 6.45) is 22.0. The molecule has 0 saturated heterocycles. The average Bonchev–Trinajstić information content (AvgIpc) is 3.38. The maximum absolute atomic E-state index is 10.9. The second kappa shape index (κ2) is 14.8. The van der Waals surface area contributed by atoms with Gasteiger partial charge in [-0.15, -0.1) is 0 Å². The molecular formula is C29H36N2O3. The first-order valence-electron chi connectivity index (χ1n) is 12.5. The van der Waals surface area contributed by atoms with E-state index in [2.05, 4.69) is 34.5 Å². The summed E-state index contributed by atoms with van der Waals surface area (Å²) in [6, 6.07) is 13.8. The monoisotopic (exact) mass is 460 g/mol. The molecule has 1 N–H and O–H groups in total. The highest BCUT2D eigenvalue weighted by molar-refractivity contribution is 5.87. The van der Waals surface area contributed by atoms with Crippen molar-refractivity contribution in [1.29, 1.82) is 0 Å². The molecule has 34 heavy (non-hydrogen) atoms. The Bertz CT molecular complexity index is 934. The number of hydrogen-bond acceptors (Lipinski definition) is 4. The fraction of sp³-hybridized carbons (Fsp3) is 0.414. The van der Waals surface area contributed by atoms with E-state index in [-0.39, 0.29) is 5.56 Å². The average molecular weight is 461 g/mol. The number of allylic oxidation sites excluding steroid dienone is 4. The van der Waals surface area contributed by atoms with Crippen molar-refractivity contribution in [2.24, 2.45) is 16.1 Å². The molecule has 0 aromatic heterocycles. The van der Waals surface area contributed by atoms with Gasteiger partial charge in [-0.3, -0.25) is 0 Å². The Hall–Kier alpha value is -3.21. The molecule has 1 aliphatic carbocycles. The standard InChI is InChI=1S/C29H36N2O3/c32-29(33)25-15-17-26(18-16-25)30-31-27-19-21-28(22-20-27)34-23-11-7-5-3-1-2-4-6-8-12-24-13-9-10-14-24/h9-10,13-22,24H,1-8,11-12,23H2,(H,32,33). The van der Waals surface area contributed by atoms with Crippen LogP contribution in [0.4, 0.5) is 11.4 Å². The van der Waals surface area contributed by atoms with Crippen LogP contribution in [0.5, 0.6) is 5.75 Å². The quantitative estimate of drug-likeness (QED) is 0.201. The van der Waals surface area contributed by atoms with Gasteiger partial charge in [-0.25, -0.2) is 4.79 Å². The van der Waals surface area contributed by atoms with Crippen molar-refractivity contribution in [3.63, 3.8) is 0 Å². The van der Waals surface area contributed by atoms with E-state index >= 15 is 0 Å². The number of rotatable bonds is 16. The molecule has 180 valence electrons. The summed E-state index contributed by atoms with van der Waals surface area (Å²) in [5, 5.41) is 17.3. The molecule has 0 heterocycles. The summed E-state index contributed by atoms with van der Waals surface area (Å²) in [5.41, 5.74) is 1.57. The van der Waals surface area contributed by atoms with Crippen molar-refractivity contribution in [1.82, 2.24) is 0 Å². The van der Waals surface area contributed by atoms with Gasteiger partial charge in [-0.05, 0) is 67.3 Å². The Kier molecular flexibility index (Phi) is 11.1. The zero-order chi connectivity index (χ0) is 23.8. The molecule has 0 unspecified atom stereocenters. The van der Waals surface area contributed by atoms with E-state index in [1.165, 1.54) is 69.9 Å². The van der Waals surface area contributed by atoms with Crippen LogP contribution in [0.1, 0.15) is 74.6 Å². The molecule has 0 bridgehead atoms. The van der Waals surface area contributed by atoms with Gasteiger partial charge in [0, 0.05) is 0 Å². The fourth-order valence-corrected chi connectivity index (χ4v) is 3.98. The maximum Gasteiger partial charge on any atom is 0.335 e. The Morgan fingerprint density at radius 1 is 0.706 bits per heavy atom. The van der Waals surface area contributed by atoms with Crippen LogP contribution in [0.2, 0.25) is 0 Å². The van der Waals surface area contributed by atoms with Gasteiger partial charge in [0.15, 0.2) is 0 Å². The Balaban J connectivity index is 1.18. The molecule has 2 aromatic carbocycles. The molecule has 1 aliphatic rings. The highest BCUT2D eigenvalue weighted by Gasteiger charge is 2.03. The third-order valence-electron chi connectivity index (χ3n) is 6.01. The first-order valence-corrected chi connectivity index (χ1v) is 12.5. The molecule has 0 radical (unpaired) electrons. The Morgan fingerprint density at radius 3 is 1.76 bits per heavy atom. The van der Waals surface area contributed by atoms with Crippen LogP contribution in [0, 0.1) is 5.92 Å². The molecule has 0 saturated carbocycles. The number of aromatic carboxylic acids is 1. The molecule has 0 fully saturated rings. The highest BCUT2D eigenvalue weighted by Crippen LogP contribution is 2.22. The van der Waals surface area contributed by atoms with Crippen LogP contribution in [-0.4, -0.2) is 17.7 Å². The SMILES string of the molecule is O=C(O)c1ccc(N=Nc2ccc(OCCCCCCCCCCCC3C=CC=C3)cc2)cc1. The molecule has 5 heteroatoms. The molecule has 0 atom stereocenters.